The first-order valence-electron chi connectivity index (χ1n) is 2.95. The summed E-state index contributed by atoms with van der Waals surface area (Å²) >= 11 is 1.87. The highest BCUT2D eigenvalue weighted by Gasteiger charge is 2.35. The lowest BCUT2D eigenvalue weighted by Gasteiger charge is -2.09. The average molecular weight is 256 g/mol. The van der Waals surface area contributed by atoms with E-state index in [2.05, 4.69) is 10.2 Å². The van der Waals surface area contributed by atoms with Crippen molar-refractivity contribution in [3.05, 3.63) is 6.33 Å². The van der Waals surface area contributed by atoms with Crippen LogP contribution in [0.15, 0.2) is 6.33 Å². The highest BCUT2D eigenvalue weighted by atomic mass is 79.9. The Morgan fingerprint density at radius 2 is 2.38 bits per heavy atom. The van der Waals surface area contributed by atoms with Crippen molar-refractivity contribution < 1.29 is 13.6 Å². The minimum absolute atomic E-state index is 0.190. The van der Waals surface area contributed by atoms with Crippen molar-refractivity contribution >= 4 is 27.8 Å². The molecule has 1 heterocycles. The van der Waals surface area contributed by atoms with E-state index in [0.29, 0.717) is 0 Å². The first-order chi connectivity index (χ1) is 5.91. The third-order valence-corrected chi connectivity index (χ3v) is 1.41. The van der Waals surface area contributed by atoms with Gasteiger partial charge in [0.1, 0.15) is 6.33 Å². The summed E-state index contributed by atoms with van der Waals surface area (Å²) in [6.07, 6.45) is 0.992. The van der Waals surface area contributed by atoms with E-state index in [0.717, 1.165) is 11.0 Å². The molecule has 1 amide bonds. The summed E-state index contributed by atoms with van der Waals surface area (Å²) in [4.78, 5) is 7.00. The minimum atomic E-state index is -3.65. The Labute approximate surface area is 79.2 Å². The summed E-state index contributed by atoms with van der Waals surface area (Å²) in [6, 6.07) is 0. The summed E-state index contributed by atoms with van der Waals surface area (Å²) in [7, 11) is 0. The topological polar surface area (TPSA) is 85.8 Å². The molecule has 0 spiro atoms. The number of nitrogens with one attached hydrogen (secondary N) is 1. The second kappa shape index (κ2) is 3.24. The summed E-state index contributed by atoms with van der Waals surface area (Å²) in [5.41, 5.74) is 6.91. The fourth-order valence-electron chi connectivity index (χ4n) is 0.503. The second-order valence-electron chi connectivity index (χ2n) is 2.00. The Hall–Kier alpha value is -1.25. The third kappa shape index (κ3) is 2.34. The number of anilines is 1. The normalized spacial score (nSPS) is 11.3. The lowest BCUT2D eigenvalue weighted by molar-refractivity contribution is -0.129. The Balaban J connectivity index is 2.71. The second-order valence-corrected chi connectivity index (χ2v) is 2.99. The van der Waals surface area contributed by atoms with Crippen LogP contribution in [0, 0.1) is 0 Å². The van der Waals surface area contributed by atoms with Gasteiger partial charge in [-0.15, -0.1) is 10.2 Å². The van der Waals surface area contributed by atoms with Gasteiger partial charge < -0.3 is 5.73 Å². The van der Waals surface area contributed by atoms with Gasteiger partial charge in [-0.2, -0.15) is 8.78 Å². The van der Waals surface area contributed by atoms with Crippen molar-refractivity contribution in [3.8, 4) is 0 Å². The number of nitrogens with two attached hydrogens (primary N) is 1. The fraction of sp³-hybridized carbons (Fsp3) is 0.250. The van der Waals surface area contributed by atoms with Crippen LogP contribution in [-0.2, 0) is 4.79 Å². The van der Waals surface area contributed by atoms with E-state index in [9.17, 15) is 13.6 Å². The van der Waals surface area contributed by atoms with E-state index in [1.807, 2.05) is 15.9 Å². The SMILES string of the molecule is Nc1nncn1NC(=O)C(F)(F)Br. The van der Waals surface area contributed by atoms with Crippen LogP contribution in [0.2, 0.25) is 0 Å². The molecule has 1 rings (SSSR count). The lowest BCUT2D eigenvalue weighted by Crippen LogP contribution is -2.34. The number of rotatable bonds is 2. The van der Waals surface area contributed by atoms with Crippen LogP contribution in [0.1, 0.15) is 0 Å². The molecule has 6 nitrogen and oxygen atoms in total. The molecule has 1 aromatic heterocycles. The molecule has 0 aliphatic carbocycles. The number of nitrogen functional groups attached to an aromatic ring is 1. The maximum Gasteiger partial charge on any atom is 0.379 e. The van der Waals surface area contributed by atoms with E-state index in [-0.39, 0.29) is 5.95 Å². The molecule has 0 radical (unpaired) electrons. The van der Waals surface area contributed by atoms with Crippen LogP contribution in [0.25, 0.3) is 0 Å². The molecule has 0 atom stereocenters. The van der Waals surface area contributed by atoms with Gasteiger partial charge in [0.25, 0.3) is 0 Å². The molecule has 9 heteroatoms. The number of halogens is 3. The monoisotopic (exact) mass is 255 g/mol. The van der Waals surface area contributed by atoms with Crippen molar-refractivity contribution in [2.45, 2.75) is 4.83 Å². The van der Waals surface area contributed by atoms with E-state index in [1.165, 1.54) is 0 Å². The predicted octanol–water partition coefficient (Wildman–Crippen LogP) is -0.0819. The lowest BCUT2D eigenvalue weighted by atomic mass is 10.7. The van der Waals surface area contributed by atoms with Gasteiger partial charge in [0.15, 0.2) is 0 Å². The number of alkyl halides is 3. The summed E-state index contributed by atoms with van der Waals surface area (Å²) < 4.78 is 25.3. The maximum absolute atomic E-state index is 12.2. The standard InChI is InChI=1S/C4H4BrF2N5O/c5-4(6,7)2(13)11-12-1-9-10-3(12)8/h1H,(H2,8,10)(H,11,13). The molecule has 0 aliphatic heterocycles. The van der Waals surface area contributed by atoms with Crippen molar-refractivity contribution in [2.24, 2.45) is 0 Å². The van der Waals surface area contributed by atoms with Gasteiger partial charge in [-0.05, 0) is 0 Å². The highest BCUT2D eigenvalue weighted by Crippen LogP contribution is 2.21. The van der Waals surface area contributed by atoms with Gasteiger partial charge in [-0.1, -0.05) is 0 Å². The summed E-state index contributed by atoms with van der Waals surface area (Å²) in [6.45, 7) is 0. The summed E-state index contributed by atoms with van der Waals surface area (Å²) in [5.74, 6) is -1.75. The quantitative estimate of drug-likeness (QED) is 0.724. The fourth-order valence-corrected chi connectivity index (χ4v) is 0.592. The van der Waals surface area contributed by atoms with Gasteiger partial charge in [-0.25, -0.2) is 4.68 Å². The number of aromatic nitrogens is 3. The molecular weight excluding hydrogens is 252 g/mol. The Bertz CT molecular complexity index is 321. The maximum atomic E-state index is 12.2. The van der Waals surface area contributed by atoms with Crippen LogP contribution in [0.4, 0.5) is 14.7 Å². The molecule has 0 aliphatic rings. The first kappa shape index (κ1) is 9.84. The van der Waals surface area contributed by atoms with E-state index in [4.69, 9.17) is 5.73 Å². The van der Waals surface area contributed by atoms with Crippen molar-refractivity contribution in [1.29, 1.82) is 0 Å². The third-order valence-electron chi connectivity index (χ3n) is 1.05. The smallest absolute Gasteiger partial charge is 0.366 e. The molecule has 3 N–H and O–H groups in total. The largest absolute Gasteiger partial charge is 0.379 e. The molecule has 0 fully saturated rings. The van der Waals surface area contributed by atoms with Crippen molar-refractivity contribution in [2.75, 3.05) is 11.2 Å². The number of carbonyl (C=O) groups is 1. The number of hydrogen-bond acceptors (Lipinski definition) is 4. The first-order valence-corrected chi connectivity index (χ1v) is 3.74. The van der Waals surface area contributed by atoms with Crippen LogP contribution in [0.3, 0.4) is 0 Å². The highest BCUT2D eigenvalue weighted by molar-refractivity contribution is 9.10. The molecule has 0 unspecified atom stereocenters. The van der Waals surface area contributed by atoms with Gasteiger partial charge >= 0.3 is 10.7 Å². The Morgan fingerprint density at radius 1 is 1.77 bits per heavy atom. The van der Waals surface area contributed by atoms with Gasteiger partial charge in [0, 0.05) is 15.9 Å². The molecule has 0 aromatic carbocycles. The van der Waals surface area contributed by atoms with Crippen LogP contribution in [0.5, 0.6) is 0 Å². The number of carbonyl (C=O) groups excluding carboxylic acids is 1. The molecule has 13 heavy (non-hydrogen) atoms. The minimum Gasteiger partial charge on any atom is -0.366 e. The zero-order chi connectivity index (χ0) is 10.1. The van der Waals surface area contributed by atoms with Crippen LogP contribution < -0.4 is 11.2 Å². The van der Waals surface area contributed by atoms with Gasteiger partial charge in [-0.3, -0.25) is 10.2 Å². The van der Waals surface area contributed by atoms with Crippen molar-refractivity contribution in [1.82, 2.24) is 14.9 Å². The molecular formula is C4H4BrF2N5O. The number of nitrogens with zero attached hydrogens (tertiary/aromatic N) is 3. The summed E-state index contributed by atoms with van der Waals surface area (Å²) in [5, 5.41) is 6.54. The molecule has 0 bridgehead atoms. The van der Waals surface area contributed by atoms with Gasteiger partial charge in [0.05, 0.1) is 0 Å². The predicted molar refractivity (Wildman–Crippen MR) is 42.7 cm³/mol. The van der Waals surface area contributed by atoms with E-state index < -0.39 is 10.7 Å². The van der Waals surface area contributed by atoms with E-state index in [1.54, 1.807) is 5.43 Å². The Kier molecular flexibility index (Phi) is 2.45. The molecule has 72 valence electrons. The van der Waals surface area contributed by atoms with Crippen LogP contribution >= 0.6 is 15.9 Å². The van der Waals surface area contributed by atoms with Crippen LogP contribution in [-0.4, -0.2) is 25.6 Å². The number of hydrogen-bond donors (Lipinski definition) is 2. The van der Waals surface area contributed by atoms with Crippen molar-refractivity contribution in [3.63, 3.8) is 0 Å². The van der Waals surface area contributed by atoms with E-state index >= 15 is 0 Å². The molecule has 0 saturated carbocycles. The zero-order valence-electron chi connectivity index (χ0n) is 6.04. The average Bonchev–Trinajstić information content (AvgIpc) is 2.34. The molecule has 0 saturated heterocycles. The molecule has 1 aromatic rings. The Morgan fingerprint density at radius 3 is 2.77 bits per heavy atom. The number of amides is 1. The van der Waals surface area contributed by atoms with Gasteiger partial charge in [0.2, 0.25) is 5.95 Å². The zero-order valence-corrected chi connectivity index (χ0v) is 7.62.